The van der Waals surface area contributed by atoms with Crippen molar-refractivity contribution in [3.05, 3.63) is 0 Å². The Balaban J connectivity index is 5.45. The first-order valence-corrected chi connectivity index (χ1v) is 12.7. The molecule has 9 N–H and O–H groups in total. The fourth-order valence-electron chi connectivity index (χ4n) is 3.01. The van der Waals surface area contributed by atoms with Gasteiger partial charge in [-0.2, -0.15) is 11.8 Å². The molecule has 3 amide bonds. The van der Waals surface area contributed by atoms with E-state index in [1.54, 1.807) is 13.8 Å². The van der Waals surface area contributed by atoms with Crippen LogP contribution in [0.3, 0.4) is 0 Å². The summed E-state index contributed by atoms with van der Waals surface area (Å²) in [5.41, 5.74) is 11.2. The standard InChI is InChI=1S/C21H39N5O7S/c1-4-12(2)17(20(31)24-14(21(32)33)8-10-34-3)26-19(30)15(11-16(27)28)25-18(29)13(23)7-5-6-9-22/h12-15,17H,4-11,22-23H2,1-3H3,(H,24,31)(H,25,29)(H,26,30)(H,27,28)(H,32,33). The first-order chi connectivity index (χ1) is 16.0. The Labute approximate surface area is 204 Å². The molecule has 0 bridgehead atoms. The zero-order valence-electron chi connectivity index (χ0n) is 20.0. The number of nitrogens with two attached hydrogens (primary N) is 2. The highest BCUT2D eigenvalue weighted by Crippen LogP contribution is 2.11. The topological polar surface area (TPSA) is 214 Å². The molecule has 12 nitrogen and oxygen atoms in total. The molecule has 0 heterocycles. The fourth-order valence-corrected chi connectivity index (χ4v) is 3.48. The number of nitrogens with one attached hydrogen (secondary N) is 3. The van der Waals surface area contributed by atoms with Gasteiger partial charge < -0.3 is 37.6 Å². The number of carboxylic acid groups (broad SMARTS) is 2. The molecular formula is C21H39N5O7S. The van der Waals surface area contributed by atoms with Crippen molar-refractivity contribution in [3.8, 4) is 0 Å². The average molecular weight is 506 g/mol. The van der Waals surface area contributed by atoms with Crippen molar-refractivity contribution in [2.45, 2.75) is 76.5 Å². The summed E-state index contributed by atoms with van der Waals surface area (Å²) < 4.78 is 0. The van der Waals surface area contributed by atoms with Gasteiger partial charge in [0.1, 0.15) is 18.1 Å². The van der Waals surface area contributed by atoms with Crippen LogP contribution in [0, 0.1) is 5.92 Å². The third kappa shape index (κ3) is 12.2. The Bertz CT molecular complexity index is 694. The SMILES string of the molecule is CCC(C)C(NC(=O)C(CC(=O)O)NC(=O)C(N)CCCCN)C(=O)NC(CCSC)C(=O)O. The zero-order chi connectivity index (χ0) is 26.3. The van der Waals surface area contributed by atoms with Gasteiger partial charge in [0.25, 0.3) is 0 Å². The van der Waals surface area contributed by atoms with Gasteiger partial charge in [0.05, 0.1) is 12.5 Å². The van der Waals surface area contributed by atoms with E-state index in [0.29, 0.717) is 38.0 Å². The number of carbonyl (C=O) groups is 5. The largest absolute Gasteiger partial charge is 0.481 e. The second-order valence-electron chi connectivity index (χ2n) is 8.10. The van der Waals surface area contributed by atoms with E-state index in [1.165, 1.54) is 11.8 Å². The first kappa shape index (κ1) is 31.6. The van der Waals surface area contributed by atoms with E-state index in [0.717, 1.165) is 0 Å². The van der Waals surface area contributed by atoms with Crippen LogP contribution < -0.4 is 27.4 Å². The summed E-state index contributed by atoms with van der Waals surface area (Å²) >= 11 is 1.43. The zero-order valence-corrected chi connectivity index (χ0v) is 20.9. The van der Waals surface area contributed by atoms with Gasteiger partial charge in [-0.1, -0.05) is 26.7 Å². The van der Waals surface area contributed by atoms with E-state index in [1.807, 2.05) is 6.26 Å². The predicted molar refractivity (Wildman–Crippen MR) is 129 cm³/mol. The maximum absolute atomic E-state index is 12.9. The minimum atomic E-state index is -1.46. The van der Waals surface area contributed by atoms with E-state index in [4.69, 9.17) is 11.5 Å². The number of carboxylic acids is 2. The first-order valence-electron chi connectivity index (χ1n) is 11.3. The van der Waals surface area contributed by atoms with Gasteiger partial charge in [-0.3, -0.25) is 19.2 Å². The molecule has 0 rings (SSSR count). The summed E-state index contributed by atoms with van der Waals surface area (Å²) in [6, 6.07) is -4.67. The Hall–Kier alpha value is -2.38. The molecule has 0 aromatic rings. The summed E-state index contributed by atoms with van der Waals surface area (Å²) in [5.74, 6) is -4.67. The lowest BCUT2D eigenvalue weighted by Crippen LogP contribution is -2.59. The van der Waals surface area contributed by atoms with Gasteiger partial charge in [0.2, 0.25) is 17.7 Å². The average Bonchev–Trinajstić information content (AvgIpc) is 2.78. The molecule has 196 valence electrons. The van der Waals surface area contributed by atoms with Crippen LogP contribution in [0.25, 0.3) is 0 Å². The number of unbranched alkanes of at least 4 members (excludes halogenated alkanes) is 1. The number of rotatable bonds is 18. The van der Waals surface area contributed by atoms with Crippen LogP contribution in [-0.2, 0) is 24.0 Å². The molecule has 0 spiro atoms. The molecule has 5 unspecified atom stereocenters. The van der Waals surface area contributed by atoms with Crippen LogP contribution in [-0.4, -0.2) is 82.6 Å². The monoisotopic (exact) mass is 505 g/mol. The molecule has 5 atom stereocenters. The van der Waals surface area contributed by atoms with E-state index in [9.17, 15) is 34.2 Å². The lowest BCUT2D eigenvalue weighted by molar-refractivity contribution is -0.143. The van der Waals surface area contributed by atoms with E-state index >= 15 is 0 Å². The van der Waals surface area contributed by atoms with Gasteiger partial charge in [0, 0.05) is 0 Å². The van der Waals surface area contributed by atoms with Crippen LogP contribution in [0.15, 0.2) is 0 Å². The molecular weight excluding hydrogens is 466 g/mol. The molecule has 34 heavy (non-hydrogen) atoms. The molecule has 0 aromatic carbocycles. The minimum absolute atomic E-state index is 0.198. The minimum Gasteiger partial charge on any atom is -0.481 e. The lowest BCUT2D eigenvalue weighted by Gasteiger charge is -2.27. The third-order valence-electron chi connectivity index (χ3n) is 5.34. The molecule has 0 fully saturated rings. The van der Waals surface area contributed by atoms with Crippen molar-refractivity contribution < 1.29 is 34.2 Å². The number of hydrogen-bond donors (Lipinski definition) is 7. The summed E-state index contributed by atoms with van der Waals surface area (Å²) in [6.45, 7) is 3.92. The van der Waals surface area contributed by atoms with Crippen LogP contribution in [0.5, 0.6) is 0 Å². The number of carbonyl (C=O) groups excluding carboxylic acids is 3. The summed E-state index contributed by atoms with van der Waals surface area (Å²) in [5, 5.41) is 25.8. The van der Waals surface area contributed by atoms with E-state index in [2.05, 4.69) is 16.0 Å². The predicted octanol–water partition coefficient (Wildman–Crippen LogP) is -0.744. The van der Waals surface area contributed by atoms with Crippen molar-refractivity contribution >= 4 is 41.4 Å². The molecule has 0 aliphatic rings. The summed E-state index contributed by atoms with van der Waals surface area (Å²) in [4.78, 5) is 60.9. The van der Waals surface area contributed by atoms with E-state index < -0.39 is 66.2 Å². The van der Waals surface area contributed by atoms with Gasteiger partial charge in [-0.15, -0.1) is 0 Å². The second kappa shape index (κ2) is 17.1. The Morgan fingerprint density at radius 1 is 0.912 bits per heavy atom. The highest BCUT2D eigenvalue weighted by Gasteiger charge is 2.33. The Kier molecular flexibility index (Phi) is 15.9. The quantitative estimate of drug-likeness (QED) is 0.116. The van der Waals surface area contributed by atoms with Gasteiger partial charge in [-0.25, -0.2) is 4.79 Å². The highest BCUT2D eigenvalue weighted by molar-refractivity contribution is 7.98. The Morgan fingerprint density at radius 3 is 2.03 bits per heavy atom. The molecule has 0 saturated heterocycles. The number of aliphatic carboxylic acids is 2. The highest BCUT2D eigenvalue weighted by atomic mass is 32.2. The number of thioether (sulfide) groups is 1. The smallest absolute Gasteiger partial charge is 0.326 e. The van der Waals surface area contributed by atoms with Crippen LogP contribution in [0.1, 0.15) is 52.4 Å². The summed E-state index contributed by atoms with van der Waals surface area (Å²) in [6.07, 6.45) is 3.34. The van der Waals surface area contributed by atoms with Gasteiger partial charge in [-0.05, 0) is 43.7 Å². The third-order valence-corrected chi connectivity index (χ3v) is 5.98. The normalized spacial score (nSPS) is 15.3. The molecule has 0 aliphatic heterocycles. The molecule has 0 aliphatic carbocycles. The molecule has 0 saturated carbocycles. The lowest BCUT2D eigenvalue weighted by atomic mass is 9.97. The fraction of sp³-hybridized carbons (Fsp3) is 0.762. The van der Waals surface area contributed by atoms with Crippen molar-refractivity contribution in [1.82, 2.24) is 16.0 Å². The van der Waals surface area contributed by atoms with Gasteiger partial charge in [0.15, 0.2) is 0 Å². The van der Waals surface area contributed by atoms with Crippen LogP contribution in [0.4, 0.5) is 0 Å². The summed E-state index contributed by atoms with van der Waals surface area (Å²) in [7, 11) is 0. The Morgan fingerprint density at radius 2 is 1.53 bits per heavy atom. The van der Waals surface area contributed by atoms with E-state index in [-0.39, 0.29) is 6.42 Å². The number of hydrogen-bond acceptors (Lipinski definition) is 8. The molecule has 13 heteroatoms. The molecule has 0 radical (unpaired) electrons. The van der Waals surface area contributed by atoms with Crippen molar-refractivity contribution in [1.29, 1.82) is 0 Å². The van der Waals surface area contributed by atoms with Crippen molar-refractivity contribution in [2.24, 2.45) is 17.4 Å². The van der Waals surface area contributed by atoms with Crippen molar-refractivity contribution in [3.63, 3.8) is 0 Å². The van der Waals surface area contributed by atoms with Gasteiger partial charge >= 0.3 is 11.9 Å². The molecule has 0 aromatic heterocycles. The maximum atomic E-state index is 12.9. The van der Waals surface area contributed by atoms with Crippen LogP contribution >= 0.6 is 11.8 Å². The number of amides is 3. The maximum Gasteiger partial charge on any atom is 0.326 e. The van der Waals surface area contributed by atoms with Crippen LogP contribution in [0.2, 0.25) is 0 Å². The van der Waals surface area contributed by atoms with Crippen molar-refractivity contribution in [2.75, 3.05) is 18.6 Å². The second-order valence-corrected chi connectivity index (χ2v) is 9.09.